The first kappa shape index (κ1) is 6.70. The van der Waals surface area contributed by atoms with Gasteiger partial charge in [0.1, 0.15) is 0 Å². The zero-order valence-corrected chi connectivity index (χ0v) is 4.85. The minimum Gasteiger partial charge on any atom is -0.327 e. The zero-order valence-electron chi connectivity index (χ0n) is 4.85. The quantitative estimate of drug-likeness (QED) is 0.530. The molecule has 1 atom stereocenters. The summed E-state index contributed by atoms with van der Waals surface area (Å²) < 4.78 is 0. The lowest BCUT2D eigenvalue weighted by atomic mass is 10.2. The number of hydrogen-bond acceptors (Lipinski definition) is 1. The third-order valence-corrected chi connectivity index (χ3v) is 0.994. The first-order chi connectivity index (χ1) is 3.31. The van der Waals surface area contributed by atoms with E-state index in [9.17, 15) is 0 Å². The molecule has 0 aliphatic heterocycles. The van der Waals surface area contributed by atoms with Crippen molar-refractivity contribution in [2.75, 3.05) is 0 Å². The molecule has 2 N–H and O–H groups in total. The Labute approximate surface area is 45.2 Å². The molecule has 1 heteroatoms. The van der Waals surface area contributed by atoms with Crippen molar-refractivity contribution in [1.29, 1.82) is 0 Å². The number of rotatable bonds is 3. The van der Waals surface area contributed by atoms with Crippen LogP contribution in [0.1, 0.15) is 19.8 Å². The van der Waals surface area contributed by atoms with Gasteiger partial charge >= 0.3 is 0 Å². The zero-order chi connectivity index (χ0) is 5.70. The predicted octanol–water partition coefficient (Wildman–Crippen LogP) is 1.30. The lowest BCUT2D eigenvalue weighted by Crippen LogP contribution is -2.16. The fourth-order valence-electron chi connectivity index (χ4n) is 0.381. The van der Waals surface area contributed by atoms with Crippen LogP contribution in [0.2, 0.25) is 0 Å². The number of hydrogen-bond donors (Lipinski definition) is 1. The van der Waals surface area contributed by atoms with Gasteiger partial charge in [-0.2, -0.15) is 0 Å². The average Bonchev–Trinajstić information content (AvgIpc) is 1.68. The molecular formula is C6H13N. The van der Waals surface area contributed by atoms with E-state index in [2.05, 4.69) is 13.5 Å². The largest absolute Gasteiger partial charge is 0.327 e. The molecule has 0 spiro atoms. The molecule has 0 bridgehead atoms. The summed E-state index contributed by atoms with van der Waals surface area (Å²) in [4.78, 5) is 0. The molecule has 0 amide bonds. The highest BCUT2D eigenvalue weighted by Gasteiger charge is 1.90. The monoisotopic (exact) mass is 99.1 g/mol. The van der Waals surface area contributed by atoms with E-state index in [1.165, 1.54) is 0 Å². The fourth-order valence-corrected chi connectivity index (χ4v) is 0.381. The summed E-state index contributed by atoms with van der Waals surface area (Å²) in [6.07, 6.45) is 3.84. The van der Waals surface area contributed by atoms with Crippen LogP contribution in [0.4, 0.5) is 0 Å². The molecule has 0 unspecified atom stereocenters. The van der Waals surface area contributed by atoms with Gasteiger partial charge in [0.05, 0.1) is 0 Å². The van der Waals surface area contributed by atoms with Crippen LogP contribution in [0.25, 0.3) is 0 Å². The van der Waals surface area contributed by atoms with Crippen LogP contribution in [0, 0.1) is 0 Å². The van der Waals surface area contributed by atoms with Crippen molar-refractivity contribution < 1.29 is 0 Å². The third-order valence-electron chi connectivity index (χ3n) is 0.994. The van der Waals surface area contributed by atoms with Crippen molar-refractivity contribution in [2.45, 2.75) is 25.8 Å². The van der Waals surface area contributed by atoms with E-state index >= 15 is 0 Å². The first-order valence-corrected chi connectivity index (χ1v) is 2.67. The molecule has 0 aromatic heterocycles. The molecule has 1 nitrogen and oxygen atoms in total. The minimum absolute atomic E-state index is 0.331. The first-order valence-electron chi connectivity index (χ1n) is 2.67. The van der Waals surface area contributed by atoms with Gasteiger partial charge in [-0.05, 0) is 12.8 Å². The van der Waals surface area contributed by atoms with Gasteiger partial charge in [-0.3, -0.25) is 0 Å². The Morgan fingerprint density at radius 1 is 1.86 bits per heavy atom. The fraction of sp³-hybridized carbons (Fsp3) is 0.667. The molecule has 0 saturated heterocycles. The van der Waals surface area contributed by atoms with Crippen LogP contribution in [-0.2, 0) is 0 Å². The Morgan fingerprint density at radius 3 is 2.57 bits per heavy atom. The highest BCUT2D eigenvalue weighted by Crippen LogP contribution is 1.91. The molecular weight excluding hydrogens is 86.1 g/mol. The Kier molecular flexibility index (Phi) is 3.71. The van der Waals surface area contributed by atoms with Gasteiger partial charge in [0.25, 0.3) is 0 Å². The van der Waals surface area contributed by atoms with Crippen LogP contribution in [0.5, 0.6) is 0 Å². The summed E-state index contributed by atoms with van der Waals surface area (Å²) in [7, 11) is 0. The molecule has 0 fully saturated rings. The van der Waals surface area contributed by atoms with Crippen molar-refractivity contribution in [3.8, 4) is 0 Å². The van der Waals surface area contributed by atoms with Crippen molar-refractivity contribution in [2.24, 2.45) is 5.73 Å². The van der Waals surface area contributed by atoms with Gasteiger partial charge < -0.3 is 5.73 Å². The van der Waals surface area contributed by atoms with Crippen LogP contribution in [0.3, 0.4) is 0 Å². The maximum atomic E-state index is 5.51. The highest BCUT2D eigenvalue weighted by molar-refractivity contribution is 4.73. The second-order valence-corrected chi connectivity index (χ2v) is 1.69. The van der Waals surface area contributed by atoms with E-state index in [0.717, 1.165) is 12.8 Å². The molecule has 0 aromatic rings. The standard InChI is InChI=1S/C6H13N/c1-3-5-6(7)4-2/h3,6H,1,4-5,7H2,2H3/t6-/m0/s1. The maximum Gasteiger partial charge on any atom is 0.00706 e. The molecule has 0 heterocycles. The molecule has 0 saturated carbocycles. The molecule has 0 aliphatic carbocycles. The summed E-state index contributed by atoms with van der Waals surface area (Å²) in [6.45, 7) is 5.65. The minimum atomic E-state index is 0.331. The van der Waals surface area contributed by atoms with E-state index in [-0.39, 0.29) is 0 Å². The molecule has 7 heavy (non-hydrogen) atoms. The summed E-state index contributed by atoms with van der Waals surface area (Å²) >= 11 is 0. The summed E-state index contributed by atoms with van der Waals surface area (Å²) in [5.74, 6) is 0. The van der Waals surface area contributed by atoms with E-state index < -0.39 is 0 Å². The molecule has 0 aliphatic rings. The average molecular weight is 99.2 g/mol. The summed E-state index contributed by atoms with van der Waals surface area (Å²) in [6, 6.07) is 0.331. The number of nitrogens with two attached hydrogens (primary N) is 1. The van der Waals surface area contributed by atoms with Gasteiger partial charge in [0.2, 0.25) is 0 Å². The van der Waals surface area contributed by atoms with E-state index in [0.29, 0.717) is 6.04 Å². The van der Waals surface area contributed by atoms with Crippen molar-refractivity contribution in [1.82, 2.24) is 0 Å². The van der Waals surface area contributed by atoms with Crippen molar-refractivity contribution in [3.05, 3.63) is 12.7 Å². The van der Waals surface area contributed by atoms with Crippen LogP contribution >= 0.6 is 0 Å². The lowest BCUT2D eigenvalue weighted by molar-refractivity contribution is 0.660. The smallest absolute Gasteiger partial charge is 0.00706 e. The van der Waals surface area contributed by atoms with Gasteiger partial charge in [-0.1, -0.05) is 13.0 Å². The SMILES string of the molecule is C=CC[C@@H](N)CC. The Balaban J connectivity index is 2.98. The van der Waals surface area contributed by atoms with Crippen molar-refractivity contribution in [3.63, 3.8) is 0 Å². The summed E-state index contributed by atoms with van der Waals surface area (Å²) in [5, 5.41) is 0. The van der Waals surface area contributed by atoms with Crippen LogP contribution in [0.15, 0.2) is 12.7 Å². The molecule has 0 rings (SSSR count). The van der Waals surface area contributed by atoms with E-state index in [4.69, 9.17) is 5.73 Å². The van der Waals surface area contributed by atoms with Gasteiger partial charge in [0.15, 0.2) is 0 Å². The second-order valence-electron chi connectivity index (χ2n) is 1.69. The predicted molar refractivity (Wildman–Crippen MR) is 33.1 cm³/mol. The normalized spacial score (nSPS) is 13.4. The third kappa shape index (κ3) is 3.53. The maximum absolute atomic E-state index is 5.51. The van der Waals surface area contributed by atoms with E-state index in [1.54, 1.807) is 0 Å². The van der Waals surface area contributed by atoms with Crippen LogP contribution in [-0.4, -0.2) is 6.04 Å². The Morgan fingerprint density at radius 2 is 2.43 bits per heavy atom. The highest BCUT2D eigenvalue weighted by atomic mass is 14.6. The van der Waals surface area contributed by atoms with Crippen molar-refractivity contribution >= 4 is 0 Å². The Hall–Kier alpha value is -0.300. The van der Waals surface area contributed by atoms with E-state index in [1.807, 2.05) is 6.08 Å². The molecule has 0 aromatic carbocycles. The van der Waals surface area contributed by atoms with Crippen LogP contribution < -0.4 is 5.73 Å². The van der Waals surface area contributed by atoms with Gasteiger partial charge in [0, 0.05) is 6.04 Å². The molecule has 42 valence electrons. The van der Waals surface area contributed by atoms with Gasteiger partial charge in [-0.25, -0.2) is 0 Å². The summed E-state index contributed by atoms with van der Waals surface area (Å²) in [5.41, 5.74) is 5.51. The topological polar surface area (TPSA) is 26.0 Å². The van der Waals surface area contributed by atoms with Gasteiger partial charge in [-0.15, -0.1) is 6.58 Å². The lowest BCUT2D eigenvalue weighted by Gasteiger charge is -2.00. The second kappa shape index (κ2) is 3.88. The Bertz CT molecular complexity index is 50.1. The molecule has 0 radical (unpaired) electrons.